The van der Waals surface area contributed by atoms with Gasteiger partial charge in [-0.2, -0.15) is 0 Å². The summed E-state index contributed by atoms with van der Waals surface area (Å²) in [4.78, 5) is 26.3. The fourth-order valence-electron chi connectivity index (χ4n) is 1.75. The van der Waals surface area contributed by atoms with Crippen molar-refractivity contribution < 1.29 is 14.7 Å². The molecule has 0 aromatic carbocycles. The van der Waals surface area contributed by atoms with Crippen LogP contribution in [0.2, 0.25) is 0 Å². The van der Waals surface area contributed by atoms with Gasteiger partial charge < -0.3 is 14.9 Å². The number of aliphatic carboxylic acids is 1. The van der Waals surface area contributed by atoms with Crippen LogP contribution in [0.3, 0.4) is 0 Å². The minimum Gasteiger partial charge on any atom is -0.480 e. The van der Waals surface area contributed by atoms with Crippen molar-refractivity contribution in [1.29, 1.82) is 0 Å². The zero-order chi connectivity index (χ0) is 13.9. The molecule has 1 unspecified atom stereocenters. The quantitative estimate of drug-likeness (QED) is 0.791. The standard InChI is InChI=1S/C13H24N2O3/c1-9(2)7-8-15(11-5-6-11)13(18)14(4)10(3)12(16)17/h9-11H,5-8H2,1-4H3,(H,16,17). The third-order valence-electron chi connectivity index (χ3n) is 3.42. The third kappa shape index (κ3) is 3.89. The fourth-order valence-corrected chi connectivity index (χ4v) is 1.75. The first kappa shape index (κ1) is 14.8. The molecular formula is C13H24N2O3. The van der Waals surface area contributed by atoms with Gasteiger partial charge in [-0.3, -0.25) is 0 Å². The van der Waals surface area contributed by atoms with Gasteiger partial charge in [0.05, 0.1) is 0 Å². The number of likely N-dealkylation sites (N-methyl/N-ethyl adjacent to an activating group) is 1. The van der Waals surface area contributed by atoms with Crippen LogP contribution in [0.5, 0.6) is 0 Å². The highest BCUT2D eigenvalue weighted by Crippen LogP contribution is 2.28. The topological polar surface area (TPSA) is 60.9 Å². The molecule has 0 bridgehead atoms. The fraction of sp³-hybridized carbons (Fsp3) is 0.846. The Morgan fingerprint density at radius 3 is 2.22 bits per heavy atom. The van der Waals surface area contributed by atoms with Gasteiger partial charge in [-0.1, -0.05) is 13.8 Å². The Labute approximate surface area is 109 Å². The first-order valence-corrected chi connectivity index (χ1v) is 6.60. The van der Waals surface area contributed by atoms with Crippen LogP contribution in [-0.4, -0.2) is 52.6 Å². The second-order valence-corrected chi connectivity index (χ2v) is 5.51. The lowest BCUT2D eigenvalue weighted by Gasteiger charge is -2.30. The van der Waals surface area contributed by atoms with Crippen molar-refractivity contribution in [1.82, 2.24) is 9.80 Å². The summed E-state index contributed by atoms with van der Waals surface area (Å²) in [6.45, 7) is 6.50. The average molecular weight is 256 g/mol. The number of carboxylic acids is 1. The van der Waals surface area contributed by atoms with E-state index in [-0.39, 0.29) is 6.03 Å². The van der Waals surface area contributed by atoms with E-state index < -0.39 is 12.0 Å². The van der Waals surface area contributed by atoms with E-state index in [1.165, 1.54) is 11.8 Å². The Balaban J connectivity index is 2.61. The Morgan fingerprint density at radius 2 is 1.83 bits per heavy atom. The number of nitrogens with zero attached hydrogens (tertiary/aromatic N) is 2. The Morgan fingerprint density at radius 1 is 1.28 bits per heavy atom. The lowest BCUT2D eigenvalue weighted by atomic mass is 10.1. The van der Waals surface area contributed by atoms with Gasteiger partial charge in [-0.25, -0.2) is 9.59 Å². The molecule has 0 aromatic rings. The molecule has 0 radical (unpaired) electrons. The van der Waals surface area contributed by atoms with Crippen LogP contribution in [-0.2, 0) is 4.79 Å². The number of urea groups is 1. The van der Waals surface area contributed by atoms with Crippen molar-refractivity contribution in [2.75, 3.05) is 13.6 Å². The van der Waals surface area contributed by atoms with Gasteiger partial charge in [0.2, 0.25) is 0 Å². The molecule has 1 fully saturated rings. The zero-order valence-electron chi connectivity index (χ0n) is 11.7. The maximum absolute atomic E-state index is 12.3. The molecule has 104 valence electrons. The first-order chi connectivity index (χ1) is 8.34. The Kier molecular flexibility index (Phi) is 4.99. The highest BCUT2D eigenvalue weighted by atomic mass is 16.4. The van der Waals surface area contributed by atoms with Crippen molar-refractivity contribution in [3.05, 3.63) is 0 Å². The number of hydrogen-bond acceptors (Lipinski definition) is 2. The molecule has 2 amide bonds. The zero-order valence-corrected chi connectivity index (χ0v) is 11.7. The first-order valence-electron chi connectivity index (χ1n) is 6.60. The van der Waals surface area contributed by atoms with Crippen LogP contribution >= 0.6 is 0 Å². The van der Waals surface area contributed by atoms with E-state index in [4.69, 9.17) is 5.11 Å². The summed E-state index contributed by atoms with van der Waals surface area (Å²) < 4.78 is 0. The van der Waals surface area contributed by atoms with Gasteiger partial charge in [0, 0.05) is 19.6 Å². The largest absolute Gasteiger partial charge is 0.480 e. The SMILES string of the molecule is CC(C)CCN(C(=O)N(C)C(C)C(=O)O)C1CC1. The summed E-state index contributed by atoms with van der Waals surface area (Å²) in [5.41, 5.74) is 0. The Hall–Kier alpha value is -1.26. The predicted molar refractivity (Wildman–Crippen MR) is 69.4 cm³/mol. The number of hydrogen-bond donors (Lipinski definition) is 1. The molecule has 1 atom stereocenters. The van der Waals surface area contributed by atoms with E-state index in [0.29, 0.717) is 12.0 Å². The van der Waals surface area contributed by atoms with Crippen molar-refractivity contribution in [3.8, 4) is 0 Å². The highest BCUT2D eigenvalue weighted by Gasteiger charge is 2.35. The van der Waals surface area contributed by atoms with Crippen LogP contribution in [0.15, 0.2) is 0 Å². The van der Waals surface area contributed by atoms with E-state index in [2.05, 4.69) is 13.8 Å². The van der Waals surface area contributed by atoms with Crippen LogP contribution in [0.4, 0.5) is 4.79 Å². The van der Waals surface area contributed by atoms with Gasteiger partial charge >= 0.3 is 12.0 Å². The van der Waals surface area contributed by atoms with Crippen molar-refractivity contribution >= 4 is 12.0 Å². The number of carbonyl (C=O) groups excluding carboxylic acids is 1. The van der Waals surface area contributed by atoms with Gasteiger partial charge in [0.1, 0.15) is 6.04 Å². The molecule has 18 heavy (non-hydrogen) atoms. The van der Waals surface area contributed by atoms with Gasteiger partial charge in [-0.15, -0.1) is 0 Å². The smallest absolute Gasteiger partial charge is 0.326 e. The number of amides is 2. The summed E-state index contributed by atoms with van der Waals surface area (Å²) >= 11 is 0. The average Bonchev–Trinajstić information content (AvgIpc) is 3.10. The Bertz CT molecular complexity index is 313. The highest BCUT2D eigenvalue weighted by molar-refractivity contribution is 5.82. The van der Waals surface area contributed by atoms with Crippen molar-refractivity contribution in [3.63, 3.8) is 0 Å². The van der Waals surface area contributed by atoms with Crippen LogP contribution in [0.1, 0.15) is 40.0 Å². The van der Waals surface area contributed by atoms with Crippen molar-refractivity contribution in [2.24, 2.45) is 5.92 Å². The molecule has 5 heteroatoms. The van der Waals surface area contributed by atoms with Crippen LogP contribution < -0.4 is 0 Å². The van der Waals surface area contributed by atoms with E-state index in [0.717, 1.165) is 25.8 Å². The normalized spacial score (nSPS) is 16.5. The summed E-state index contributed by atoms with van der Waals surface area (Å²) in [7, 11) is 1.56. The molecule has 1 rings (SSSR count). The van der Waals surface area contributed by atoms with Crippen LogP contribution in [0, 0.1) is 5.92 Å². The molecule has 1 saturated carbocycles. The molecule has 0 saturated heterocycles. The predicted octanol–water partition coefficient (Wildman–Crippen LogP) is 2.02. The molecular weight excluding hydrogens is 232 g/mol. The molecule has 0 aliphatic heterocycles. The second-order valence-electron chi connectivity index (χ2n) is 5.51. The minimum atomic E-state index is -0.967. The minimum absolute atomic E-state index is 0.159. The number of carbonyl (C=O) groups is 2. The maximum atomic E-state index is 12.3. The van der Waals surface area contributed by atoms with E-state index in [1.54, 1.807) is 7.05 Å². The van der Waals surface area contributed by atoms with E-state index in [9.17, 15) is 9.59 Å². The van der Waals surface area contributed by atoms with Crippen molar-refractivity contribution in [2.45, 2.75) is 52.1 Å². The second kappa shape index (κ2) is 6.07. The summed E-state index contributed by atoms with van der Waals surface area (Å²) in [6, 6.07) is -0.620. The lowest BCUT2D eigenvalue weighted by Crippen LogP contribution is -2.49. The molecule has 0 aromatic heterocycles. The van der Waals surface area contributed by atoms with Crippen LogP contribution in [0.25, 0.3) is 0 Å². The number of carboxylic acid groups (broad SMARTS) is 1. The molecule has 1 aliphatic rings. The molecule has 0 heterocycles. The van der Waals surface area contributed by atoms with Gasteiger partial charge in [-0.05, 0) is 32.1 Å². The maximum Gasteiger partial charge on any atom is 0.326 e. The molecule has 5 nitrogen and oxygen atoms in total. The monoisotopic (exact) mass is 256 g/mol. The molecule has 1 aliphatic carbocycles. The molecule has 0 spiro atoms. The van der Waals surface area contributed by atoms with Gasteiger partial charge in [0.25, 0.3) is 0 Å². The summed E-state index contributed by atoms with van der Waals surface area (Å²) in [5.74, 6) is -0.424. The summed E-state index contributed by atoms with van der Waals surface area (Å²) in [5, 5.41) is 8.94. The number of rotatable bonds is 6. The van der Waals surface area contributed by atoms with E-state index >= 15 is 0 Å². The molecule has 1 N–H and O–H groups in total. The van der Waals surface area contributed by atoms with E-state index in [1.807, 2.05) is 4.90 Å². The summed E-state index contributed by atoms with van der Waals surface area (Å²) in [6.07, 6.45) is 3.04. The third-order valence-corrected chi connectivity index (χ3v) is 3.42. The van der Waals surface area contributed by atoms with Gasteiger partial charge in [0.15, 0.2) is 0 Å². The lowest BCUT2D eigenvalue weighted by molar-refractivity contribution is -0.141.